The summed E-state index contributed by atoms with van der Waals surface area (Å²) in [5, 5.41) is 0. The highest BCUT2D eigenvalue weighted by Crippen LogP contribution is 2.21. The summed E-state index contributed by atoms with van der Waals surface area (Å²) in [4.78, 5) is 0. The summed E-state index contributed by atoms with van der Waals surface area (Å²) in [6, 6.07) is 13.6. The molecule has 0 aromatic heterocycles. The van der Waals surface area contributed by atoms with Crippen LogP contribution in [0.4, 0.5) is 0 Å². The van der Waals surface area contributed by atoms with Crippen LogP contribution in [0.1, 0.15) is 33.4 Å². The maximum absolute atomic E-state index is 3.38. The predicted octanol–water partition coefficient (Wildman–Crippen LogP) is 7.15. The zero-order chi connectivity index (χ0) is 26.0. The van der Waals surface area contributed by atoms with Gasteiger partial charge in [-0.15, -0.1) is 11.1 Å². The molecule has 0 aliphatic heterocycles. The Morgan fingerprint density at radius 2 is 0.917 bits per heavy atom. The topological polar surface area (TPSA) is 0 Å². The number of allylic oxidation sites excluding steroid dienone is 4. The first-order valence-electron chi connectivity index (χ1n) is 12.7. The Balaban J connectivity index is 1.79. The van der Waals surface area contributed by atoms with Crippen molar-refractivity contribution in [3.63, 3.8) is 0 Å². The largest absolute Gasteiger partial charge is 0.129 e. The van der Waals surface area contributed by atoms with Gasteiger partial charge in [0.1, 0.15) is 16.1 Å². The second kappa shape index (κ2) is 12.5. The van der Waals surface area contributed by atoms with Crippen LogP contribution in [0, 0.1) is 46.6 Å². The van der Waals surface area contributed by atoms with Crippen LogP contribution < -0.4 is 0 Å². The summed E-state index contributed by atoms with van der Waals surface area (Å²) in [5.41, 5.74) is 14.2. The molecule has 0 N–H and O–H groups in total. The molecule has 2 aromatic carbocycles. The summed E-state index contributed by atoms with van der Waals surface area (Å²) in [6.07, 6.45) is 11.4. The van der Waals surface area contributed by atoms with E-state index in [9.17, 15) is 0 Å². The zero-order valence-electron chi connectivity index (χ0n) is 22.6. The lowest BCUT2D eigenvalue weighted by atomic mass is 9.91. The van der Waals surface area contributed by atoms with Gasteiger partial charge in [0.25, 0.3) is 0 Å². The minimum Gasteiger partial charge on any atom is -0.127 e. The monoisotopic (exact) mass is 500 g/mol. The summed E-state index contributed by atoms with van der Waals surface area (Å²) in [6.45, 7) is 13.5. The first-order chi connectivity index (χ1) is 17.1. The van der Waals surface area contributed by atoms with E-state index >= 15 is 0 Å². The van der Waals surface area contributed by atoms with Crippen LogP contribution in [0.25, 0.3) is 0 Å². The Kier molecular flexibility index (Phi) is 9.46. The number of benzene rings is 2. The molecule has 4 bridgehead atoms. The van der Waals surface area contributed by atoms with Gasteiger partial charge in [-0.3, -0.25) is 0 Å². The van der Waals surface area contributed by atoms with Crippen LogP contribution >= 0.6 is 0 Å². The Morgan fingerprint density at radius 1 is 0.528 bits per heavy atom. The van der Waals surface area contributed by atoms with E-state index < -0.39 is 16.1 Å². The molecule has 0 amide bonds. The van der Waals surface area contributed by atoms with Gasteiger partial charge >= 0.3 is 0 Å². The summed E-state index contributed by atoms with van der Waals surface area (Å²) >= 11 is 0. The molecular weight excluding hydrogens is 465 g/mol. The molecule has 2 heteroatoms. The highest BCUT2D eigenvalue weighted by atomic mass is 28.3. The van der Waals surface area contributed by atoms with Crippen molar-refractivity contribution in [1.29, 1.82) is 0 Å². The van der Waals surface area contributed by atoms with Crippen molar-refractivity contribution in [3.8, 4) is 46.6 Å². The Hall–Kier alpha value is -3.41. The predicted molar refractivity (Wildman–Crippen MR) is 162 cm³/mol. The van der Waals surface area contributed by atoms with Crippen molar-refractivity contribution in [3.05, 3.63) is 94.1 Å². The molecule has 0 saturated carbocycles. The first kappa shape index (κ1) is 27.2. The molecule has 6 rings (SSSR count). The minimum absolute atomic E-state index is 0.960. The van der Waals surface area contributed by atoms with Crippen molar-refractivity contribution in [1.82, 2.24) is 0 Å². The zero-order valence-corrected chi connectivity index (χ0v) is 24.6. The second-order valence-electron chi connectivity index (χ2n) is 11.2. The van der Waals surface area contributed by atoms with Crippen LogP contribution in [-0.2, 0) is 25.7 Å². The molecule has 4 aliphatic rings. The highest BCUT2D eigenvalue weighted by molar-refractivity contribution is 6.84. The second-order valence-corrected chi connectivity index (χ2v) is 20.7. The van der Waals surface area contributed by atoms with E-state index in [0.29, 0.717) is 0 Å². The van der Waals surface area contributed by atoms with Crippen LogP contribution in [0.2, 0.25) is 39.3 Å². The van der Waals surface area contributed by atoms with Gasteiger partial charge in [0.05, 0.1) is 0 Å². The maximum Gasteiger partial charge on any atom is 0.129 e. The van der Waals surface area contributed by atoms with Gasteiger partial charge in [-0.05, 0) is 84.4 Å². The van der Waals surface area contributed by atoms with E-state index in [4.69, 9.17) is 0 Å². The standard InChI is InChI=1S/C34H36Si2/c1-35(2,3)25-13-9-7-11-15-33-27-29-17-21-31(33)23-19-30-18-22-32(24-20-29)34(28-30)16-12-8-10-14-26-36(4,5)6/h7-10,17-18,21-22,27-28H,19-20,23-24H2,1-6H3/b9-7-,10-8-. The number of hydrogen-bond acceptors (Lipinski definition) is 0. The van der Waals surface area contributed by atoms with Gasteiger partial charge < -0.3 is 0 Å². The number of rotatable bonds is 0. The summed E-state index contributed by atoms with van der Waals surface area (Å²) < 4.78 is 0. The minimum atomic E-state index is -1.34. The third-order valence-electron chi connectivity index (χ3n) is 5.52. The molecule has 0 unspecified atom stereocenters. The van der Waals surface area contributed by atoms with Crippen molar-refractivity contribution < 1.29 is 0 Å². The van der Waals surface area contributed by atoms with Crippen LogP contribution in [-0.4, -0.2) is 16.1 Å². The molecular formula is C34H36Si2. The smallest absolute Gasteiger partial charge is 0.127 e. The van der Waals surface area contributed by atoms with E-state index in [0.717, 1.165) is 36.8 Å². The lowest BCUT2D eigenvalue weighted by Crippen LogP contribution is -2.16. The number of aryl methyl sites for hydroxylation is 4. The van der Waals surface area contributed by atoms with Crippen molar-refractivity contribution in [2.75, 3.05) is 0 Å². The fourth-order valence-electron chi connectivity index (χ4n) is 3.71. The SMILES string of the molecule is C[Si](C)(C)C#C/C=C\C#Cc1cc2ccc1CCc1ccc(c(C#C/C=C\C#C[Si](C)(C)C)c1)CC2. The molecule has 0 nitrogen and oxygen atoms in total. The van der Waals surface area contributed by atoms with E-state index in [2.05, 4.69) is 122 Å². The van der Waals surface area contributed by atoms with Crippen LogP contribution in [0.15, 0.2) is 60.7 Å². The Labute approximate surface area is 221 Å². The summed E-state index contributed by atoms with van der Waals surface area (Å²) in [7, 11) is -2.68. The van der Waals surface area contributed by atoms with Crippen LogP contribution in [0.5, 0.6) is 0 Å². The fraction of sp³-hybridized carbons (Fsp3) is 0.294. The molecule has 0 saturated heterocycles. The molecule has 0 radical (unpaired) electrons. The Morgan fingerprint density at radius 3 is 1.31 bits per heavy atom. The molecule has 4 aliphatic carbocycles. The lowest BCUT2D eigenvalue weighted by Gasteiger charge is -2.13. The molecule has 36 heavy (non-hydrogen) atoms. The van der Waals surface area contributed by atoms with E-state index in [1.807, 2.05) is 24.3 Å². The first-order valence-corrected chi connectivity index (χ1v) is 19.7. The average molecular weight is 501 g/mol. The van der Waals surface area contributed by atoms with Gasteiger partial charge in [0.2, 0.25) is 0 Å². The van der Waals surface area contributed by atoms with Gasteiger partial charge in [-0.1, -0.05) is 99.1 Å². The quantitative estimate of drug-likeness (QED) is 0.266. The molecule has 0 spiro atoms. The molecule has 0 atom stereocenters. The number of hydrogen-bond donors (Lipinski definition) is 0. The Bertz CT molecular complexity index is 1300. The van der Waals surface area contributed by atoms with E-state index in [1.165, 1.54) is 22.3 Å². The van der Waals surface area contributed by atoms with Gasteiger partial charge in [0.15, 0.2) is 0 Å². The van der Waals surface area contributed by atoms with E-state index in [-0.39, 0.29) is 0 Å². The lowest BCUT2D eigenvalue weighted by molar-refractivity contribution is 0.916. The van der Waals surface area contributed by atoms with Crippen molar-refractivity contribution in [2.45, 2.75) is 65.0 Å². The van der Waals surface area contributed by atoms with Gasteiger partial charge in [-0.2, -0.15) is 0 Å². The fourth-order valence-corrected chi connectivity index (χ4v) is 4.74. The average Bonchev–Trinajstić information content (AvgIpc) is 2.79. The molecule has 0 fully saturated rings. The highest BCUT2D eigenvalue weighted by Gasteiger charge is 2.10. The molecule has 0 heterocycles. The van der Waals surface area contributed by atoms with E-state index in [1.54, 1.807) is 0 Å². The van der Waals surface area contributed by atoms with Crippen LogP contribution in [0.3, 0.4) is 0 Å². The maximum atomic E-state index is 3.38. The van der Waals surface area contributed by atoms with Gasteiger partial charge in [-0.25, -0.2) is 0 Å². The summed E-state index contributed by atoms with van der Waals surface area (Å²) in [5.74, 6) is 19.5. The third-order valence-corrected chi connectivity index (χ3v) is 7.31. The van der Waals surface area contributed by atoms with Crippen molar-refractivity contribution >= 4 is 16.1 Å². The van der Waals surface area contributed by atoms with Gasteiger partial charge in [0, 0.05) is 11.1 Å². The molecule has 180 valence electrons. The van der Waals surface area contributed by atoms with Crippen molar-refractivity contribution in [2.24, 2.45) is 0 Å². The third kappa shape index (κ3) is 9.69. The normalized spacial score (nSPS) is 12.8. The molecule has 2 aromatic rings.